The standard InChI is InChI=1S/C18H24O2/c1-4-5-9-12-18(2,3)13-14-20-17(19)15-16-10-7-6-8-11-16/h4,6-12H,1,5,13-15H2,2-3H3/b12-9+. The van der Waals surface area contributed by atoms with Crippen LogP contribution in [-0.2, 0) is 16.0 Å². The van der Waals surface area contributed by atoms with E-state index in [0.717, 1.165) is 18.4 Å². The minimum atomic E-state index is -0.165. The highest BCUT2D eigenvalue weighted by atomic mass is 16.5. The predicted molar refractivity (Wildman–Crippen MR) is 83.5 cm³/mol. The minimum absolute atomic E-state index is 0.0377. The molecular weight excluding hydrogens is 248 g/mol. The molecule has 0 aliphatic heterocycles. The van der Waals surface area contributed by atoms with E-state index in [1.807, 2.05) is 36.4 Å². The third kappa shape index (κ3) is 6.93. The van der Waals surface area contributed by atoms with Crippen LogP contribution in [0.3, 0.4) is 0 Å². The Morgan fingerprint density at radius 1 is 1.30 bits per heavy atom. The van der Waals surface area contributed by atoms with Crippen molar-refractivity contribution in [2.24, 2.45) is 5.41 Å². The van der Waals surface area contributed by atoms with E-state index >= 15 is 0 Å². The van der Waals surface area contributed by atoms with E-state index in [0.29, 0.717) is 13.0 Å². The third-order valence-corrected chi connectivity index (χ3v) is 3.07. The largest absolute Gasteiger partial charge is 0.465 e. The number of hydrogen-bond donors (Lipinski definition) is 0. The summed E-state index contributed by atoms with van der Waals surface area (Å²) in [6.45, 7) is 8.41. The first-order valence-corrected chi connectivity index (χ1v) is 7.02. The van der Waals surface area contributed by atoms with Gasteiger partial charge in [-0.15, -0.1) is 6.58 Å². The maximum Gasteiger partial charge on any atom is 0.310 e. The van der Waals surface area contributed by atoms with Crippen LogP contribution in [0.15, 0.2) is 55.1 Å². The lowest BCUT2D eigenvalue weighted by Gasteiger charge is -2.19. The summed E-state index contributed by atoms with van der Waals surface area (Å²) in [4.78, 5) is 11.7. The molecular formula is C18H24O2. The second kappa shape index (κ2) is 8.36. The maximum atomic E-state index is 11.7. The lowest BCUT2D eigenvalue weighted by molar-refractivity contribution is -0.143. The van der Waals surface area contributed by atoms with Gasteiger partial charge < -0.3 is 4.74 Å². The smallest absolute Gasteiger partial charge is 0.310 e. The molecule has 0 aromatic heterocycles. The quantitative estimate of drug-likeness (QED) is 0.520. The van der Waals surface area contributed by atoms with E-state index in [-0.39, 0.29) is 11.4 Å². The van der Waals surface area contributed by atoms with Crippen LogP contribution < -0.4 is 0 Å². The van der Waals surface area contributed by atoms with Crippen molar-refractivity contribution >= 4 is 5.97 Å². The van der Waals surface area contributed by atoms with Crippen molar-refractivity contribution in [3.05, 3.63) is 60.7 Å². The summed E-state index contributed by atoms with van der Waals surface area (Å²) in [5, 5.41) is 0. The molecule has 0 N–H and O–H groups in total. The lowest BCUT2D eigenvalue weighted by Crippen LogP contribution is -2.15. The first-order chi connectivity index (χ1) is 9.53. The zero-order valence-corrected chi connectivity index (χ0v) is 12.5. The highest BCUT2D eigenvalue weighted by Gasteiger charge is 2.14. The molecule has 0 unspecified atom stereocenters. The van der Waals surface area contributed by atoms with Crippen LogP contribution in [0.5, 0.6) is 0 Å². The van der Waals surface area contributed by atoms with E-state index in [2.05, 4.69) is 32.6 Å². The van der Waals surface area contributed by atoms with Crippen molar-refractivity contribution in [1.82, 2.24) is 0 Å². The number of carbonyl (C=O) groups is 1. The molecule has 2 heteroatoms. The molecule has 0 amide bonds. The van der Waals surface area contributed by atoms with Crippen molar-refractivity contribution in [3.63, 3.8) is 0 Å². The van der Waals surface area contributed by atoms with Gasteiger partial charge in [-0.25, -0.2) is 0 Å². The van der Waals surface area contributed by atoms with Gasteiger partial charge in [0.1, 0.15) is 0 Å². The van der Waals surface area contributed by atoms with E-state index in [4.69, 9.17) is 4.74 Å². The van der Waals surface area contributed by atoms with Crippen molar-refractivity contribution in [2.75, 3.05) is 6.61 Å². The normalized spacial score (nSPS) is 11.5. The molecule has 0 aliphatic carbocycles. The van der Waals surface area contributed by atoms with Gasteiger partial charge in [0.15, 0.2) is 0 Å². The van der Waals surface area contributed by atoms with Crippen LogP contribution in [0, 0.1) is 5.41 Å². The van der Waals surface area contributed by atoms with Crippen LogP contribution in [0.1, 0.15) is 32.3 Å². The van der Waals surface area contributed by atoms with Gasteiger partial charge in [-0.2, -0.15) is 0 Å². The molecule has 1 aromatic rings. The summed E-state index contributed by atoms with van der Waals surface area (Å²) in [5.74, 6) is -0.165. The van der Waals surface area contributed by atoms with Gasteiger partial charge in [0.2, 0.25) is 0 Å². The second-order valence-electron chi connectivity index (χ2n) is 5.55. The monoisotopic (exact) mass is 272 g/mol. The molecule has 20 heavy (non-hydrogen) atoms. The SMILES string of the molecule is C=CC/C=C/C(C)(C)CCOC(=O)Cc1ccccc1. The molecule has 0 bridgehead atoms. The average Bonchev–Trinajstić information content (AvgIpc) is 2.39. The van der Waals surface area contributed by atoms with Gasteiger partial charge >= 0.3 is 5.97 Å². The Labute approximate surface area is 122 Å². The van der Waals surface area contributed by atoms with Gasteiger partial charge in [0.05, 0.1) is 13.0 Å². The predicted octanol–water partition coefficient (Wildman–Crippen LogP) is 4.32. The summed E-state index contributed by atoms with van der Waals surface area (Å²) in [5.41, 5.74) is 1.03. The lowest BCUT2D eigenvalue weighted by atomic mass is 9.89. The van der Waals surface area contributed by atoms with E-state index in [9.17, 15) is 4.79 Å². The molecule has 0 aliphatic rings. The Kier molecular flexibility index (Phi) is 6.78. The molecule has 1 rings (SSSR count). The van der Waals surface area contributed by atoms with Crippen LogP contribution in [0.25, 0.3) is 0 Å². The van der Waals surface area contributed by atoms with Gasteiger partial charge in [-0.3, -0.25) is 4.79 Å². The number of allylic oxidation sites excluding steroid dienone is 3. The summed E-state index contributed by atoms with van der Waals surface area (Å²) in [6.07, 6.45) is 8.15. The Morgan fingerprint density at radius 3 is 2.65 bits per heavy atom. The Balaban J connectivity index is 2.29. The highest BCUT2D eigenvalue weighted by molar-refractivity contribution is 5.72. The molecule has 0 saturated heterocycles. The topological polar surface area (TPSA) is 26.3 Å². The fourth-order valence-corrected chi connectivity index (χ4v) is 1.81. The second-order valence-corrected chi connectivity index (χ2v) is 5.55. The Morgan fingerprint density at radius 2 is 2.00 bits per heavy atom. The van der Waals surface area contributed by atoms with Crippen LogP contribution >= 0.6 is 0 Å². The maximum absolute atomic E-state index is 11.7. The number of ether oxygens (including phenoxy) is 1. The number of rotatable bonds is 8. The van der Waals surface area contributed by atoms with Crippen molar-refractivity contribution in [1.29, 1.82) is 0 Å². The van der Waals surface area contributed by atoms with Crippen molar-refractivity contribution in [2.45, 2.75) is 33.1 Å². The van der Waals surface area contributed by atoms with Gasteiger partial charge in [-0.05, 0) is 23.8 Å². The van der Waals surface area contributed by atoms with Crippen LogP contribution in [0.2, 0.25) is 0 Å². The molecule has 2 nitrogen and oxygen atoms in total. The summed E-state index contributed by atoms with van der Waals surface area (Å²) >= 11 is 0. The van der Waals surface area contributed by atoms with E-state index in [1.54, 1.807) is 0 Å². The number of benzene rings is 1. The van der Waals surface area contributed by atoms with Gasteiger partial charge in [-0.1, -0.05) is 62.4 Å². The highest BCUT2D eigenvalue weighted by Crippen LogP contribution is 2.22. The van der Waals surface area contributed by atoms with Crippen LogP contribution in [-0.4, -0.2) is 12.6 Å². The first-order valence-electron chi connectivity index (χ1n) is 7.02. The summed E-state index contributed by atoms with van der Waals surface area (Å²) in [7, 11) is 0. The molecule has 1 aromatic carbocycles. The first kappa shape index (κ1) is 16.2. The van der Waals surface area contributed by atoms with Crippen LogP contribution in [0.4, 0.5) is 0 Å². The molecule has 0 heterocycles. The zero-order valence-electron chi connectivity index (χ0n) is 12.5. The van der Waals surface area contributed by atoms with E-state index < -0.39 is 0 Å². The number of hydrogen-bond acceptors (Lipinski definition) is 2. The number of esters is 1. The average molecular weight is 272 g/mol. The van der Waals surface area contributed by atoms with Crippen molar-refractivity contribution < 1.29 is 9.53 Å². The fraction of sp³-hybridized carbons (Fsp3) is 0.389. The Bertz CT molecular complexity index is 444. The summed E-state index contributed by atoms with van der Waals surface area (Å²) in [6, 6.07) is 9.66. The zero-order chi connectivity index (χ0) is 14.8. The minimum Gasteiger partial charge on any atom is -0.465 e. The molecule has 0 atom stereocenters. The molecule has 0 spiro atoms. The number of carbonyl (C=O) groups excluding carboxylic acids is 1. The summed E-state index contributed by atoms with van der Waals surface area (Å²) < 4.78 is 5.30. The van der Waals surface area contributed by atoms with Gasteiger partial charge in [0, 0.05) is 0 Å². The third-order valence-electron chi connectivity index (χ3n) is 3.07. The van der Waals surface area contributed by atoms with E-state index in [1.165, 1.54) is 0 Å². The molecule has 0 fully saturated rings. The molecule has 108 valence electrons. The fourth-order valence-electron chi connectivity index (χ4n) is 1.81. The molecule has 0 radical (unpaired) electrons. The van der Waals surface area contributed by atoms with Crippen molar-refractivity contribution in [3.8, 4) is 0 Å². The Hall–Kier alpha value is -1.83. The molecule has 0 saturated carbocycles. The van der Waals surface area contributed by atoms with Gasteiger partial charge in [0.25, 0.3) is 0 Å².